The van der Waals surface area contributed by atoms with Crippen LogP contribution in [0.5, 0.6) is 0 Å². The molecule has 4 heteroatoms. The second kappa shape index (κ2) is 3.45. The van der Waals surface area contributed by atoms with Gasteiger partial charge in [-0.3, -0.25) is 0 Å². The summed E-state index contributed by atoms with van der Waals surface area (Å²) in [6.07, 6.45) is 1.17. The molecule has 0 aliphatic carbocycles. The molecule has 1 saturated heterocycles. The minimum Gasteiger partial charge on any atom is -0.396 e. The molecule has 0 radical (unpaired) electrons. The zero-order valence-electron chi connectivity index (χ0n) is 6.32. The number of rotatable bonds is 3. The first-order valence-corrected chi connectivity index (χ1v) is 3.86. The van der Waals surface area contributed by atoms with E-state index in [1.165, 1.54) is 0 Å². The Morgan fingerprint density at radius 2 is 2.27 bits per heavy atom. The standard InChI is InChI=1S/C7H13F2NO/c8-7(9)4-6(10-5-7)2-1-3-11/h6,10-11H,1-5H2/t6-/m0/s1. The summed E-state index contributed by atoms with van der Waals surface area (Å²) in [5, 5.41) is 11.2. The van der Waals surface area contributed by atoms with Crippen LogP contribution < -0.4 is 5.32 Å². The number of aliphatic hydroxyl groups is 1. The monoisotopic (exact) mass is 165 g/mol. The molecule has 1 rings (SSSR count). The maximum Gasteiger partial charge on any atom is 0.261 e. The van der Waals surface area contributed by atoms with Crippen molar-refractivity contribution in [1.29, 1.82) is 0 Å². The highest BCUT2D eigenvalue weighted by Gasteiger charge is 2.38. The van der Waals surface area contributed by atoms with Crippen LogP contribution in [0.4, 0.5) is 8.78 Å². The second-order valence-corrected chi connectivity index (χ2v) is 3.00. The van der Waals surface area contributed by atoms with Crippen molar-refractivity contribution in [2.45, 2.75) is 31.2 Å². The Labute approximate surface area is 64.6 Å². The van der Waals surface area contributed by atoms with Crippen molar-refractivity contribution < 1.29 is 13.9 Å². The van der Waals surface area contributed by atoms with Gasteiger partial charge in [-0.15, -0.1) is 0 Å². The van der Waals surface area contributed by atoms with E-state index in [2.05, 4.69) is 5.32 Å². The summed E-state index contributed by atoms with van der Waals surface area (Å²) in [6, 6.07) is -0.0999. The van der Waals surface area contributed by atoms with Crippen molar-refractivity contribution in [3.63, 3.8) is 0 Å². The Balaban J connectivity index is 2.20. The van der Waals surface area contributed by atoms with Gasteiger partial charge in [-0.2, -0.15) is 0 Å². The summed E-state index contributed by atoms with van der Waals surface area (Å²) in [7, 11) is 0. The number of nitrogens with one attached hydrogen (secondary N) is 1. The van der Waals surface area contributed by atoms with Crippen molar-refractivity contribution in [2.24, 2.45) is 0 Å². The molecule has 0 aromatic heterocycles. The van der Waals surface area contributed by atoms with Crippen LogP contribution in [0.1, 0.15) is 19.3 Å². The number of hydrogen-bond acceptors (Lipinski definition) is 2. The van der Waals surface area contributed by atoms with Gasteiger partial charge in [0, 0.05) is 19.1 Å². The van der Waals surface area contributed by atoms with Gasteiger partial charge in [0.25, 0.3) is 5.92 Å². The summed E-state index contributed by atoms with van der Waals surface area (Å²) < 4.78 is 25.0. The van der Waals surface area contributed by atoms with Crippen LogP contribution in [-0.4, -0.2) is 30.2 Å². The molecule has 1 aliphatic rings. The lowest BCUT2D eigenvalue weighted by atomic mass is 10.1. The molecule has 1 atom stereocenters. The SMILES string of the molecule is OCCC[C@H]1CC(F)(F)CN1. The molecule has 2 nitrogen and oxygen atoms in total. The smallest absolute Gasteiger partial charge is 0.261 e. The van der Waals surface area contributed by atoms with E-state index in [9.17, 15) is 8.78 Å². The molecule has 1 aliphatic heterocycles. The average molecular weight is 165 g/mol. The molecule has 1 fully saturated rings. The highest BCUT2D eigenvalue weighted by Crippen LogP contribution is 2.26. The minimum absolute atomic E-state index is 0.0764. The number of alkyl halides is 2. The fourth-order valence-electron chi connectivity index (χ4n) is 1.34. The lowest BCUT2D eigenvalue weighted by molar-refractivity contribution is 0.0207. The quantitative estimate of drug-likeness (QED) is 0.647. The largest absolute Gasteiger partial charge is 0.396 e. The van der Waals surface area contributed by atoms with E-state index >= 15 is 0 Å². The van der Waals surface area contributed by atoms with Crippen LogP contribution in [0.25, 0.3) is 0 Å². The summed E-state index contributed by atoms with van der Waals surface area (Å²) in [5.74, 6) is -2.53. The first kappa shape index (κ1) is 8.87. The maximum absolute atomic E-state index is 12.5. The zero-order valence-corrected chi connectivity index (χ0v) is 6.32. The van der Waals surface area contributed by atoms with E-state index in [0.29, 0.717) is 12.8 Å². The third kappa shape index (κ3) is 2.71. The van der Waals surface area contributed by atoms with Gasteiger partial charge in [-0.05, 0) is 12.8 Å². The van der Waals surface area contributed by atoms with E-state index in [1.807, 2.05) is 0 Å². The normalized spacial score (nSPS) is 29.2. The number of hydrogen-bond donors (Lipinski definition) is 2. The van der Waals surface area contributed by atoms with Gasteiger partial charge in [0.2, 0.25) is 0 Å². The minimum atomic E-state index is -2.53. The van der Waals surface area contributed by atoms with Crippen molar-refractivity contribution in [1.82, 2.24) is 5.32 Å². The predicted octanol–water partition coefficient (Wildman–Crippen LogP) is 0.756. The lowest BCUT2D eigenvalue weighted by Crippen LogP contribution is -2.22. The lowest BCUT2D eigenvalue weighted by Gasteiger charge is -2.07. The van der Waals surface area contributed by atoms with Crippen LogP contribution >= 0.6 is 0 Å². The molecule has 2 N–H and O–H groups in total. The highest BCUT2D eigenvalue weighted by atomic mass is 19.3. The van der Waals surface area contributed by atoms with Gasteiger partial charge in [-0.25, -0.2) is 8.78 Å². The van der Waals surface area contributed by atoms with E-state index in [0.717, 1.165) is 0 Å². The van der Waals surface area contributed by atoms with Crippen LogP contribution in [0, 0.1) is 0 Å². The van der Waals surface area contributed by atoms with Crippen molar-refractivity contribution in [3.05, 3.63) is 0 Å². The molecule has 1 heterocycles. The second-order valence-electron chi connectivity index (χ2n) is 3.00. The molecule has 0 aromatic carbocycles. The van der Waals surface area contributed by atoms with Crippen molar-refractivity contribution in [3.8, 4) is 0 Å². The van der Waals surface area contributed by atoms with Gasteiger partial charge >= 0.3 is 0 Å². The van der Waals surface area contributed by atoms with E-state index in [4.69, 9.17) is 5.11 Å². The molecule has 0 bridgehead atoms. The summed E-state index contributed by atoms with van der Waals surface area (Å²) >= 11 is 0. The summed E-state index contributed by atoms with van der Waals surface area (Å²) in [6.45, 7) is -0.118. The van der Waals surface area contributed by atoms with E-state index < -0.39 is 5.92 Å². The van der Waals surface area contributed by atoms with Crippen LogP contribution in [-0.2, 0) is 0 Å². The van der Waals surface area contributed by atoms with Crippen LogP contribution in [0.15, 0.2) is 0 Å². The fourth-order valence-corrected chi connectivity index (χ4v) is 1.34. The molecule has 0 spiro atoms. The Bertz CT molecular complexity index is 130. The molecular weight excluding hydrogens is 152 g/mol. The van der Waals surface area contributed by atoms with Gasteiger partial charge in [0.05, 0.1) is 6.54 Å². The number of aliphatic hydroxyl groups excluding tert-OH is 1. The molecular formula is C7H13F2NO. The van der Waals surface area contributed by atoms with Gasteiger partial charge in [0.15, 0.2) is 0 Å². The first-order valence-electron chi connectivity index (χ1n) is 3.86. The Morgan fingerprint density at radius 1 is 1.55 bits per heavy atom. The molecule has 0 aromatic rings. The Kier molecular flexibility index (Phi) is 2.78. The van der Waals surface area contributed by atoms with Crippen LogP contribution in [0.3, 0.4) is 0 Å². The third-order valence-corrected chi connectivity index (χ3v) is 1.91. The third-order valence-electron chi connectivity index (χ3n) is 1.91. The number of halogens is 2. The highest BCUT2D eigenvalue weighted by molar-refractivity contribution is 4.86. The topological polar surface area (TPSA) is 32.3 Å². The maximum atomic E-state index is 12.5. The van der Waals surface area contributed by atoms with E-state index in [1.54, 1.807) is 0 Å². The zero-order chi connectivity index (χ0) is 8.32. The molecule has 0 amide bonds. The average Bonchev–Trinajstić information content (AvgIpc) is 2.26. The van der Waals surface area contributed by atoms with Gasteiger partial charge in [-0.1, -0.05) is 0 Å². The Morgan fingerprint density at radius 3 is 2.73 bits per heavy atom. The van der Waals surface area contributed by atoms with Crippen molar-refractivity contribution >= 4 is 0 Å². The van der Waals surface area contributed by atoms with Crippen molar-refractivity contribution in [2.75, 3.05) is 13.2 Å². The first-order chi connectivity index (χ1) is 5.14. The predicted molar refractivity (Wildman–Crippen MR) is 37.7 cm³/mol. The molecule has 0 saturated carbocycles. The summed E-state index contributed by atoms with van der Waals surface area (Å²) in [4.78, 5) is 0. The van der Waals surface area contributed by atoms with Gasteiger partial charge in [0.1, 0.15) is 0 Å². The molecule has 66 valence electrons. The molecule has 11 heavy (non-hydrogen) atoms. The Hall–Kier alpha value is -0.220. The fraction of sp³-hybridized carbons (Fsp3) is 1.00. The van der Waals surface area contributed by atoms with Gasteiger partial charge < -0.3 is 10.4 Å². The van der Waals surface area contributed by atoms with E-state index in [-0.39, 0.29) is 25.6 Å². The summed E-state index contributed by atoms with van der Waals surface area (Å²) in [5.41, 5.74) is 0. The molecule has 0 unspecified atom stereocenters. The van der Waals surface area contributed by atoms with Crippen LogP contribution in [0.2, 0.25) is 0 Å².